The van der Waals surface area contributed by atoms with Gasteiger partial charge in [-0.25, -0.2) is 9.34 Å². The van der Waals surface area contributed by atoms with E-state index in [1.165, 1.54) is 0 Å². The summed E-state index contributed by atoms with van der Waals surface area (Å²) in [4.78, 5) is 0. The highest BCUT2D eigenvalue weighted by Gasteiger charge is 2.47. The minimum absolute atomic E-state index is 0.0217. The smallest absolute Gasteiger partial charge is 0.246 e. The fourth-order valence-corrected chi connectivity index (χ4v) is 9.35. The Kier molecular flexibility index (Phi) is 11.6. The summed E-state index contributed by atoms with van der Waals surface area (Å²) in [5, 5.41) is 0.902. The van der Waals surface area contributed by atoms with Crippen LogP contribution in [0.25, 0.3) is 0 Å². The molecular weight excluding hydrogens is 515 g/mol. The lowest BCUT2D eigenvalue weighted by molar-refractivity contribution is 0.0490. The van der Waals surface area contributed by atoms with Gasteiger partial charge in [0.05, 0.1) is 26.4 Å². The first kappa shape index (κ1) is 30.7. The highest BCUT2D eigenvalue weighted by atomic mass is 31.2. The van der Waals surface area contributed by atoms with Crippen molar-refractivity contribution in [2.45, 2.75) is 65.8 Å². The van der Waals surface area contributed by atoms with E-state index in [1.54, 1.807) is 0 Å². The largest absolute Gasteiger partial charge is 0.375 e. The van der Waals surface area contributed by atoms with E-state index >= 15 is 4.57 Å². The molecule has 0 unspecified atom stereocenters. The van der Waals surface area contributed by atoms with Gasteiger partial charge in [-0.15, -0.1) is 0 Å². The van der Waals surface area contributed by atoms with Crippen molar-refractivity contribution in [2.24, 2.45) is 11.8 Å². The van der Waals surface area contributed by atoms with Crippen LogP contribution in [0.5, 0.6) is 0 Å². The molecule has 0 amide bonds. The second kappa shape index (κ2) is 15.1. The van der Waals surface area contributed by atoms with Crippen molar-refractivity contribution < 1.29 is 14.0 Å². The lowest BCUT2D eigenvalue weighted by Crippen LogP contribution is -2.50. The van der Waals surface area contributed by atoms with E-state index < -0.39 is 7.44 Å². The number of nitrogens with zero attached hydrogens (tertiary/aromatic N) is 2. The van der Waals surface area contributed by atoms with Gasteiger partial charge in [-0.2, -0.15) is 0 Å². The average molecular weight is 563 g/mol. The summed E-state index contributed by atoms with van der Waals surface area (Å²) in [6.45, 7) is 12.7. The molecule has 1 fully saturated rings. The van der Waals surface area contributed by atoms with Gasteiger partial charge in [0.15, 0.2) is 0 Å². The third kappa shape index (κ3) is 7.72. The van der Waals surface area contributed by atoms with E-state index in [2.05, 4.69) is 73.4 Å². The highest BCUT2D eigenvalue weighted by molar-refractivity contribution is 7.67. The molecule has 1 heterocycles. The zero-order valence-electron chi connectivity index (χ0n) is 24.7. The molecule has 1 aliphatic rings. The Labute approximate surface area is 242 Å². The zero-order valence-corrected chi connectivity index (χ0v) is 25.6. The van der Waals surface area contributed by atoms with Gasteiger partial charge in [0.1, 0.15) is 0 Å². The van der Waals surface area contributed by atoms with Crippen LogP contribution in [0.1, 0.15) is 51.7 Å². The summed E-state index contributed by atoms with van der Waals surface area (Å²) in [5.74, 6) is 0.555. The number of rotatable bonds is 13. The van der Waals surface area contributed by atoms with Gasteiger partial charge in [0.2, 0.25) is 7.44 Å². The first-order valence-electron chi connectivity index (χ1n) is 14.8. The fourth-order valence-electron chi connectivity index (χ4n) is 5.61. The second-order valence-electron chi connectivity index (χ2n) is 11.5. The Hall–Kier alpha value is -2.27. The van der Waals surface area contributed by atoms with Crippen molar-refractivity contribution in [2.75, 3.05) is 26.3 Å². The van der Waals surface area contributed by atoms with Gasteiger partial charge < -0.3 is 9.47 Å². The second-order valence-corrected chi connectivity index (χ2v) is 14.2. The summed E-state index contributed by atoms with van der Waals surface area (Å²) in [6.07, 6.45) is 2.01. The monoisotopic (exact) mass is 562 g/mol. The van der Waals surface area contributed by atoms with Crippen LogP contribution in [0, 0.1) is 11.8 Å². The third-order valence-electron chi connectivity index (χ3n) is 7.92. The lowest BCUT2D eigenvalue weighted by atomic mass is 10.0. The van der Waals surface area contributed by atoms with Gasteiger partial charge in [-0.05, 0) is 47.9 Å². The van der Waals surface area contributed by atoms with Crippen LogP contribution < -0.4 is 5.30 Å². The van der Waals surface area contributed by atoms with Crippen LogP contribution in [-0.2, 0) is 27.3 Å². The molecule has 6 heteroatoms. The predicted octanol–water partition coefficient (Wildman–Crippen LogP) is 7.39. The maximum atomic E-state index is 15.8. The highest BCUT2D eigenvalue weighted by Crippen LogP contribution is 2.57. The van der Waals surface area contributed by atoms with Crippen molar-refractivity contribution in [3.8, 4) is 0 Å². The summed E-state index contributed by atoms with van der Waals surface area (Å²) >= 11 is 0. The number of hydrogen-bond acceptors (Lipinski definition) is 3. The zero-order chi connectivity index (χ0) is 28.4. The SMILES string of the molecule is CC(C)[C@@H](COCc1ccccc1)N1CCCCN([C@H](COCc2ccccc2)C(C)C)P1(=O)c1ccccc1. The molecule has 0 spiro atoms. The van der Waals surface area contributed by atoms with Gasteiger partial charge in [0, 0.05) is 30.5 Å². The topological polar surface area (TPSA) is 42.0 Å². The maximum absolute atomic E-state index is 15.8. The van der Waals surface area contributed by atoms with E-state index in [4.69, 9.17) is 9.47 Å². The summed E-state index contributed by atoms with van der Waals surface area (Å²) in [7, 11) is -3.17. The molecule has 0 radical (unpaired) electrons. The van der Waals surface area contributed by atoms with Crippen molar-refractivity contribution >= 4 is 12.7 Å². The van der Waals surface area contributed by atoms with E-state index in [0.29, 0.717) is 26.4 Å². The van der Waals surface area contributed by atoms with Gasteiger partial charge >= 0.3 is 0 Å². The molecule has 0 aromatic heterocycles. The molecular formula is C34H47N2O3P. The molecule has 216 valence electrons. The van der Waals surface area contributed by atoms with E-state index in [1.807, 2.05) is 54.6 Å². The Bertz CT molecular complexity index is 1100. The van der Waals surface area contributed by atoms with Crippen LogP contribution in [-0.4, -0.2) is 47.7 Å². The van der Waals surface area contributed by atoms with Gasteiger partial charge in [-0.1, -0.05) is 107 Å². The third-order valence-corrected chi connectivity index (χ3v) is 11.3. The molecule has 3 aromatic rings. The quantitative estimate of drug-likeness (QED) is 0.203. The molecule has 0 bridgehead atoms. The number of hydrogen-bond donors (Lipinski definition) is 0. The molecule has 2 atom stereocenters. The van der Waals surface area contributed by atoms with Crippen LogP contribution >= 0.6 is 7.44 Å². The van der Waals surface area contributed by atoms with E-state index in [-0.39, 0.29) is 23.9 Å². The minimum Gasteiger partial charge on any atom is -0.375 e. The Morgan fingerprint density at radius 2 is 1.00 bits per heavy atom. The molecule has 1 aliphatic heterocycles. The van der Waals surface area contributed by atoms with Crippen LogP contribution in [0.4, 0.5) is 0 Å². The molecule has 0 aliphatic carbocycles. The Morgan fingerprint density at radius 3 is 1.38 bits per heavy atom. The minimum atomic E-state index is -3.17. The predicted molar refractivity (Wildman–Crippen MR) is 166 cm³/mol. The van der Waals surface area contributed by atoms with Crippen LogP contribution in [0.15, 0.2) is 91.0 Å². The molecule has 3 aromatic carbocycles. The molecule has 40 heavy (non-hydrogen) atoms. The fraction of sp³-hybridized carbons (Fsp3) is 0.471. The standard InChI is InChI=1S/C34H47N2O3P/c1-28(2)33(26-38-24-30-16-8-5-9-17-30)35-22-14-15-23-36(40(35,37)32-20-12-7-13-21-32)34(29(3)4)27-39-25-31-18-10-6-11-19-31/h5-13,16-21,28-29,33-34H,14-15,22-27H2,1-4H3/t33-,34-/m1/s1. The van der Waals surface area contributed by atoms with Crippen molar-refractivity contribution in [3.05, 3.63) is 102 Å². The van der Waals surface area contributed by atoms with E-state index in [9.17, 15) is 0 Å². The number of ether oxygens (including phenoxy) is 2. The van der Waals surface area contributed by atoms with Crippen molar-refractivity contribution in [1.82, 2.24) is 9.34 Å². The number of benzene rings is 3. The van der Waals surface area contributed by atoms with Gasteiger partial charge in [0.25, 0.3) is 0 Å². The molecule has 4 rings (SSSR count). The van der Waals surface area contributed by atoms with Crippen LogP contribution in [0.2, 0.25) is 0 Å². The van der Waals surface area contributed by atoms with Crippen molar-refractivity contribution in [1.29, 1.82) is 0 Å². The molecule has 5 nitrogen and oxygen atoms in total. The lowest BCUT2D eigenvalue weighted by Gasteiger charge is -2.46. The Balaban J connectivity index is 1.64. The summed E-state index contributed by atoms with van der Waals surface area (Å²) in [6, 6.07) is 30.8. The first-order valence-corrected chi connectivity index (χ1v) is 16.5. The molecule has 0 N–H and O–H groups in total. The average Bonchev–Trinajstić information content (AvgIpc) is 3.14. The summed E-state index contributed by atoms with van der Waals surface area (Å²) < 4.78 is 33.1. The van der Waals surface area contributed by atoms with Gasteiger partial charge in [-0.3, -0.25) is 4.57 Å². The van der Waals surface area contributed by atoms with Crippen molar-refractivity contribution in [3.63, 3.8) is 0 Å². The molecule has 1 saturated heterocycles. The normalized spacial score (nSPS) is 18.1. The van der Waals surface area contributed by atoms with E-state index in [0.717, 1.165) is 42.4 Å². The summed E-state index contributed by atoms with van der Waals surface area (Å²) in [5.41, 5.74) is 2.31. The maximum Gasteiger partial charge on any atom is 0.246 e. The Morgan fingerprint density at radius 1 is 0.625 bits per heavy atom. The first-order chi connectivity index (χ1) is 19.4. The van der Waals surface area contributed by atoms with Crippen LogP contribution in [0.3, 0.4) is 0 Å². The molecule has 0 saturated carbocycles.